The quantitative estimate of drug-likeness (QED) is 0.850. The maximum Gasteiger partial charge on any atom is 0.275 e. The minimum atomic E-state index is -0.0676. The van der Waals surface area contributed by atoms with Gasteiger partial charge in [-0.15, -0.1) is 0 Å². The molecule has 2 aromatic heterocycles. The Morgan fingerprint density at radius 1 is 1.35 bits per heavy atom. The normalized spacial score (nSPS) is 20.3. The van der Waals surface area contributed by atoms with Crippen molar-refractivity contribution in [3.8, 4) is 0 Å². The summed E-state index contributed by atoms with van der Waals surface area (Å²) in [5.41, 5.74) is 0.798. The number of fused-ring (bicyclic) bond motifs is 1. The molecule has 0 unspecified atom stereocenters. The number of aryl methyl sites for hydroxylation is 1. The standard InChI is InChI=1S/C16H25N5OS/c1-4-14-18-21-15(22)10-12(17-16(21)23-14)11-20-8-5-6-13(7-9-20)19(2)3/h10,13H,4-9,11H2,1-3H3/t13-/m1/s1. The van der Waals surface area contributed by atoms with Crippen molar-refractivity contribution in [2.24, 2.45) is 0 Å². The molecule has 0 amide bonds. The van der Waals surface area contributed by atoms with Crippen molar-refractivity contribution in [1.29, 1.82) is 0 Å². The lowest BCUT2D eigenvalue weighted by Crippen LogP contribution is -2.30. The highest BCUT2D eigenvalue weighted by atomic mass is 32.1. The molecule has 1 atom stereocenters. The van der Waals surface area contributed by atoms with Gasteiger partial charge in [0.15, 0.2) is 0 Å². The Balaban J connectivity index is 1.75. The number of nitrogens with zero attached hydrogens (tertiary/aromatic N) is 5. The van der Waals surface area contributed by atoms with Gasteiger partial charge < -0.3 is 4.90 Å². The van der Waals surface area contributed by atoms with Crippen LogP contribution in [0.1, 0.15) is 36.9 Å². The summed E-state index contributed by atoms with van der Waals surface area (Å²) in [5, 5.41) is 5.26. The number of aromatic nitrogens is 3. The molecule has 1 aliphatic heterocycles. The van der Waals surface area contributed by atoms with Crippen LogP contribution in [0.15, 0.2) is 10.9 Å². The van der Waals surface area contributed by atoms with Gasteiger partial charge in [-0.05, 0) is 46.3 Å². The molecule has 2 aromatic rings. The van der Waals surface area contributed by atoms with Crippen LogP contribution < -0.4 is 5.56 Å². The minimum absolute atomic E-state index is 0.0676. The Morgan fingerprint density at radius 2 is 2.17 bits per heavy atom. The fourth-order valence-electron chi connectivity index (χ4n) is 3.16. The van der Waals surface area contributed by atoms with Crippen molar-refractivity contribution >= 4 is 16.3 Å². The molecule has 3 heterocycles. The third-order valence-corrected chi connectivity index (χ3v) is 5.60. The Morgan fingerprint density at radius 3 is 2.91 bits per heavy atom. The van der Waals surface area contributed by atoms with Crippen molar-refractivity contribution in [1.82, 2.24) is 24.4 Å². The van der Waals surface area contributed by atoms with Gasteiger partial charge in [0, 0.05) is 25.2 Å². The highest BCUT2D eigenvalue weighted by Crippen LogP contribution is 2.17. The van der Waals surface area contributed by atoms with Crippen molar-refractivity contribution in [2.75, 3.05) is 27.2 Å². The molecule has 3 rings (SSSR count). The molecule has 6 nitrogen and oxygen atoms in total. The molecule has 7 heteroatoms. The van der Waals surface area contributed by atoms with Gasteiger partial charge in [0.1, 0.15) is 5.01 Å². The SMILES string of the molecule is CCc1nn2c(=O)cc(CN3CCC[C@@H](N(C)C)CC3)nc2s1. The van der Waals surface area contributed by atoms with Gasteiger partial charge in [0.2, 0.25) is 4.96 Å². The lowest BCUT2D eigenvalue weighted by Gasteiger charge is -2.23. The van der Waals surface area contributed by atoms with E-state index in [4.69, 9.17) is 0 Å². The molecule has 1 aliphatic rings. The monoisotopic (exact) mass is 335 g/mol. The van der Waals surface area contributed by atoms with Crippen molar-refractivity contribution < 1.29 is 0 Å². The predicted octanol–water partition coefficient (Wildman–Crippen LogP) is 1.63. The average molecular weight is 335 g/mol. The Hall–Kier alpha value is -1.31. The molecule has 0 radical (unpaired) electrons. The maximum absolute atomic E-state index is 12.2. The van der Waals surface area contributed by atoms with Gasteiger partial charge in [-0.2, -0.15) is 9.61 Å². The highest BCUT2D eigenvalue weighted by molar-refractivity contribution is 7.16. The van der Waals surface area contributed by atoms with Gasteiger partial charge in [-0.1, -0.05) is 18.3 Å². The van der Waals surface area contributed by atoms with Gasteiger partial charge in [-0.25, -0.2) is 4.98 Å². The van der Waals surface area contributed by atoms with Crippen LogP contribution in [0, 0.1) is 0 Å². The summed E-state index contributed by atoms with van der Waals surface area (Å²) in [6.07, 6.45) is 4.45. The van der Waals surface area contributed by atoms with Crippen LogP contribution >= 0.6 is 11.3 Å². The first-order valence-corrected chi connectivity index (χ1v) is 9.16. The fraction of sp³-hybridized carbons (Fsp3) is 0.688. The summed E-state index contributed by atoms with van der Waals surface area (Å²) in [6, 6.07) is 2.30. The van der Waals surface area contributed by atoms with Crippen LogP contribution in [0.4, 0.5) is 0 Å². The molecular weight excluding hydrogens is 310 g/mol. The molecule has 0 N–H and O–H groups in total. The zero-order valence-electron chi connectivity index (χ0n) is 14.2. The zero-order chi connectivity index (χ0) is 16.4. The van der Waals surface area contributed by atoms with Crippen LogP contribution in [0.5, 0.6) is 0 Å². The van der Waals surface area contributed by atoms with Crippen LogP contribution in [-0.2, 0) is 13.0 Å². The predicted molar refractivity (Wildman–Crippen MR) is 93.1 cm³/mol. The molecule has 126 valence electrons. The number of hydrogen-bond donors (Lipinski definition) is 0. The molecule has 23 heavy (non-hydrogen) atoms. The molecule has 0 saturated carbocycles. The second kappa shape index (κ2) is 7.07. The summed E-state index contributed by atoms with van der Waals surface area (Å²) in [7, 11) is 4.32. The van der Waals surface area contributed by atoms with Gasteiger partial charge in [-0.3, -0.25) is 9.69 Å². The van der Waals surface area contributed by atoms with E-state index in [-0.39, 0.29) is 5.56 Å². The van der Waals surface area contributed by atoms with E-state index in [0.29, 0.717) is 11.0 Å². The number of rotatable bonds is 4. The van der Waals surface area contributed by atoms with Crippen molar-refractivity contribution in [2.45, 2.75) is 45.2 Å². The lowest BCUT2D eigenvalue weighted by atomic mass is 10.1. The first-order valence-electron chi connectivity index (χ1n) is 8.34. The van der Waals surface area contributed by atoms with Crippen LogP contribution in [0.2, 0.25) is 0 Å². The zero-order valence-corrected chi connectivity index (χ0v) is 15.0. The Labute approximate surface area is 140 Å². The molecule has 1 fully saturated rings. The first kappa shape index (κ1) is 16.5. The summed E-state index contributed by atoms with van der Waals surface area (Å²) in [4.78, 5) is 22.3. The van der Waals surface area contributed by atoms with E-state index in [2.05, 4.69) is 34.0 Å². The minimum Gasteiger partial charge on any atom is -0.306 e. The van der Waals surface area contributed by atoms with E-state index in [1.165, 1.54) is 35.1 Å². The second-order valence-corrected chi connectivity index (χ2v) is 7.49. The molecule has 1 saturated heterocycles. The van der Waals surface area contributed by atoms with E-state index in [0.717, 1.165) is 36.8 Å². The molecule has 0 aliphatic carbocycles. The summed E-state index contributed by atoms with van der Waals surface area (Å²) >= 11 is 1.51. The van der Waals surface area contributed by atoms with Gasteiger partial charge in [0.05, 0.1) is 5.69 Å². The largest absolute Gasteiger partial charge is 0.306 e. The molecule has 0 spiro atoms. The molecule has 0 bridgehead atoms. The first-order chi connectivity index (χ1) is 11.1. The number of likely N-dealkylation sites (tertiary alicyclic amines) is 1. The lowest BCUT2D eigenvalue weighted by molar-refractivity contribution is 0.244. The molecular formula is C16H25N5OS. The average Bonchev–Trinajstić information content (AvgIpc) is 2.79. The summed E-state index contributed by atoms with van der Waals surface area (Å²) < 4.78 is 1.43. The van der Waals surface area contributed by atoms with Gasteiger partial charge in [0.25, 0.3) is 5.56 Å². The third-order valence-electron chi connectivity index (χ3n) is 4.55. The third kappa shape index (κ3) is 3.79. The maximum atomic E-state index is 12.2. The second-order valence-electron chi connectivity index (χ2n) is 6.45. The Bertz CT molecular complexity index is 723. The van der Waals surface area contributed by atoms with Crippen molar-refractivity contribution in [3.63, 3.8) is 0 Å². The topological polar surface area (TPSA) is 53.7 Å². The smallest absolute Gasteiger partial charge is 0.275 e. The highest BCUT2D eigenvalue weighted by Gasteiger charge is 2.19. The van der Waals surface area contributed by atoms with E-state index in [9.17, 15) is 4.79 Å². The summed E-state index contributed by atoms with van der Waals surface area (Å²) in [5.74, 6) is 0. The van der Waals surface area contributed by atoms with E-state index in [1.807, 2.05) is 6.92 Å². The van der Waals surface area contributed by atoms with Crippen LogP contribution in [0.3, 0.4) is 0 Å². The van der Waals surface area contributed by atoms with Gasteiger partial charge >= 0.3 is 0 Å². The van der Waals surface area contributed by atoms with E-state index < -0.39 is 0 Å². The van der Waals surface area contributed by atoms with Crippen LogP contribution in [-0.4, -0.2) is 57.6 Å². The van der Waals surface area contributed by atoms with Crippen LogP contribution in [0.25, 0.3) is 4.96 Å². The van der Waals surface area contributed by atoms with E-state index in [1.54, 1.807) is 6.07 Å². The number of hydrogen-bond acceptors (Lipinski definition) is 6. The molecule has 0 aromatic carbocycles. The fourth-order valence-corrected chi connectivity index (χ4v) is 4.02. The summed E-state index contributed by atoms with van der Waals surface area (Å²) in [6.45, 7) is 4.94. The van der Waals surface area contributed by atoms with Crippen molar-refractivity contribution in [3.05, 3.63) is 27.1 Å². The van der Waals surface area contributed by atoms with E-state index >= 15 is 0 Å². The Kier molecular flexibility index (Phi) is 5.08.